The molecular weight excluding hydrogens is 787 g/mol. The molecule has 58 heavy (non-hydrogen) atoms. The summed E-state index contributed by atoms with van der Waals surface area (Å²) in [4.78, 5) is 12.8. The van der Waals surface area contributed by atoms with Crippen LogP contribution < -0.4 is 14.8 Å². The van der Waals surface area contributed by atoms with Crippen molar-refractivity contribution < 1.29 is 58.8 Å². The number of hydrogen-bond donors (Lipinski definition) is 7. The SMILES string of the molecule is CCOC(=O)CCc1cc2ccoc2c2c1O[C@@H]1O[C@@]3(CSSC4(CCCC4)[C@H](CC[C@@H](C)CCC[C@@H]3O)NCCO2)[C@]2(O)C[C@@H]3C=C[C@@H](O)[C@H](CO)[C@H]3[C@@]1(O)[C@H]2O. The number of benzene rings is 1. The van der Waals surface area contributed by atoms with E-state index in [0.717, 1.165) is 44.9 Å². The number of esters is 1. The molecule has 5 bridgehead atoms. The van der Waals surface area contributed by atoms with Crippen LogP contribution in [0.5, 0.6) is 11.5 Å². The van der Waals surface area contributed by atoms with Gasteiger partial charge in [-0.25, -0.2) is 0 Å². The Morgan fingerprint density at radius 1 is 1.05 bits per heavy atom. The highest BCUT2D eigenvalue weighted by Crippen LogP contribution is 2.62. The van der Waals surface area contributed by atoms with Gasteiger partial charge in [0.25, 0.3) is 0 Å². The molecule has 2 aromatic rings. The summed E-state index contributed by atoms with van der Waals surface area (Å²) in [5.41, 5.74) is -5.59. The van der Waals surface area contributed by atoms with Crippen molar-refractivity contribution >= 4 is 38.5 Å². The number of ether oxygens (including phenoxy) is 4. The van der Waals surface area contributed by atoms with E-state index in [2.05, 4.69) is 12.2 Å². The molecule has 2 saturated heterocycles. The predicted octanol–water partition coefficient (Wildman–Crippen LogP) is 4.41. The van der Waals surface area contributed by atoms with Crippen LogP contribution in [0.1, 0.15) is 90.0 Å². The molecule has 0 radical (unpaired) electrons. The van der Waals surface area contributed by atoms with Gasteiger partial charge in [0.15, 0.2) is 16.9 Å². The molecule has 1 aromatic carbocycles. The Balaban J connectivity index is 1.34. The van der Waals surface area contributed by atoms with Crippen molar-refractivity contribution in [1.29, 1.82) is 0 Å². The van der Waals surface area contributed by atoms with E-state index < -0.39 is 71.7 Å². The number of rotatable bonds is 5. The molecule has 1 aromatic heterocycles. The first kappa shape index (κ1) is 42.6. The summed E-state index contributed by atoms with van der Waals surface area (Å²) in [5, 5.41) is 78.4. The lowest BCUT2D eigenvalue weighted by molar-refractivity contribution is -0.424. The van der Waals surface area contributed by atoms with Crippen LogP contribution in [0.2, 0.25) is 0 Å². The molecule has 0 unspecified atom stereocenters. The third-order valence-electron chi connectivity index (χ3n) is 14.4. The van der Waals surface area contributed by atoms with Gasteiger partial charge in [0.05, 0.1) is 25.1 Å². The fourth-order valence-corrected chi connectivity index (χ4v) is 15.3. The summed E-state index contributed by atoms with van der Waals surface area (Å²) >= 11 is 0. The Kier molecular flexibility index (Phi) is 12.5. The fraction of sp³-hybridized carbons (Fsp3) is 0.744. The molecular formula is C43H61NO12S2. The van der Waals surface area contributed by atoms with Crippen molar-refractivity contribution in [2.24, 2.45) is 23.7 Å². The van der Waals surface area contributed by atoms with Crippen molar-refractivity contribution in [1.82, 2.24) is 5.32 Å². The highest BCUT2D eigenvalue weighted by Gasteiger charge is 2.78. The van der Waals surface area contributed by atoms with Gasteiger partial charge in [0.2, 0.25) is 12.0 Å². The quantitative estimate of drug-likeness (QED) is 0.127. The lowest BCUT2D eigenvalue weighted by Crippen LogP contribution is -2.86. The Bertz CT molecular complexity index is 1800. The van der Waals surface area contributed by atoms with Gasteiger partial charge in [-0.3, -0.25) is 4.79 Å². The molecule has 12 atom stereocenters. The molecule has 4 fully saturated rings. The van der Waals surface area contributed by atoms with E-state index in [1.807, 2.05) is 6.07 Å². The zero-order valence-corrected chi connectivity index (χ0v) is 35.2. The van der Waals surface area contributed by atoms with Crippen LogP contribution in [0.15, 0.2) is 35.0 Å². The van der Waals surface area contributed by atoms with Gasteiger partial charge in [0.1, 0.15) is 23.9 Å². The minimum atomic E-state index is -2.43. The average molecular weight is 848 g/mol. The second-order valence-corrected chi connectivity index (χ2v) is 20.4. The Hall–Kier alpha value is -2.05. The summed E-state index contributed by atoms with van der Waals surface area (Å²) in [6.45, 7) is 4.41. The fourth-order valence-electron chi connectivity index (χ4n) is 11.3. The molecule has 3 aliphatic carbocycles. The number of carbonyl (C=O) groups excluding carboxylic acids is 1. The van der Waals surface area contributed by atoms with Gasteiger partial charge in [-0.05, 0) is 81.4 Å². The Labute approximate surface area is 348 Å². The van der Waals surface area contributed by atoms with Crippen LogP contribution in [0.4, 0.5) is 0 Å². The summed E-state index contributed by atoms with van der Waals surface area (Å²) in [7, 11) is 3.29. The van der Waals surface area contributed by atoms with Crippen LogP contribution in [-0.4, -0.2) is 121 Å². The van der Waals surface area contributed by atoms with E-state index in [0.29, 0.717) is 35.4 Å². The highest BCUT2D eigenvalue weighted by molar-refractivity contribution is 8.77. The molecule has 6 aliphatic rings. The highest BCUT2D eigenvalue weighted by atomic mass is 33.1. The zero-order chi connectivity index (χ0) is 40.9. The minimum Gasteiger partial charge on any atom is -0.485 e. The first-order valence-electron chi connectivity index (χ1n) is 21.4. The zero-order valence-electron chi connectivity index (χ0n) is 33.6. The third-order valence-corrected chi connectivity index (χ3v) is 17.8. The standard InChI is InChI=1S/C43H61NO12S2/c1-3-52-33(48)14-11-26-21-27-15-19-53-35(27)37-36(26)55-39-43(51)34-28(10-12-30(46)29(34)23-45)22-41(50,38(43)49)42(56-39)24-57-58-40(16-4-5-17-40)31(44-18-20-54-37)13-9-25(2)7-6-8-32(42)47/h10,12,15,19,21,25,28-32,34,38-39,44-47,49-51H,3-9,11,13-14,16-18,20,22-24H2,1-2H3/t25-,28-,29-,30+,31-,32-,34-,38-,39+,41-,42+,43+/m0/s1. The number of aliphatic hydroxyl groups excluding tert-OH is 4. The molecule has 13 nitrogen and oxygen atoms in total. The molecule has 3 aliphatic heterocycles. The monoisotopic (exact) mass is 847 g/mol. The van der Waals surface area contributed by atoms with Crippen molar-refractivity contribution in [2.45, 2.75) is 143 Å². The Morgan fingerprint density at radius 3 is 2.64 bits per heavy atom. The predicted molar refractivity (Wildman–Crippen MR) is 219 cm³/mol. The van der Waals surface area contributed by atoms with E-state index in [4.69, 9.17) is 23.4 Å². The largest absolute Gasteiger partial charge is 0.485 e. The second-order valence-electron chi connectivity index (χ2n) is 17.7. The first-order valence-corrected chi connectivity index (χ1v) is 23.7. The smallest absolute Gasteiger partial charge is 0.306 e. The summed E-state index contributed by atoms with van der Waals surface area (Å²) in [5.74, 6) is -2.30. The van der Waals surface area contributed by atoms with E-state index in [9.17, 15) is 35.4 Å². The minimum absolute atomic E-state index is 0.000303. The van der Waals surface area contributed by atoms with Crippen LogP contribution >= 0.6 is 21.6 Å². The van der Waals surface area contributed by atoms with Crippen molar-refractivity contribution in [3.63, 3.8) is 0 Å². The molecule has 2 spiro atoms. The molecule has 7 N–H and O–H groups in total. The van der Waals surface area contributed by atoms with Crippen LogP contribution in [-0.2, 0) is 20.7 Å². The van der Waals surface area contributed by atoms with E-state index in [1.54, 1.807) is 35.9 Å². The van der Waals surface area contributed by atoms with Crippen molar-refractivity contribution in [3.8, 4) is 11.5 Å². The third kappa shape index (κ3) is 7.20. The normalized spacial score (nSPS) is 40.3. The number of carbonyl (C=O) groups is 1. The molecule has 4 heterocycles. The van der Waals surface area contributed by atoms with Gasteiger partial charge in [-0.2, -0.15) is 0 Å². The summed E-state index contributed by atoms with van der Waals surface area (Å²) in [6.07, 6.45) is 6.58. The number of nitrogens with one attached hydrogen (secondary N) is 1. The maximum Gasteiger partial charge on any atom is 0.306 e. The topological polar surface area (TPSA) is 201 Å². The van der Waals surface area contributed by atoms with Crippen LogP contribution in [0.25, 0.3) is 11.0 Å². The van der Waals surface area contributed by atoms with Gasteiger partial charge in [0, 0.05) is 53.3 Å². The summed E-state index contributed by atoms with van der Waals surface area (Å²) in [6, 6.07) is 3.75. The average Bonchev–Trinajstić information content (AvgIpc) is 3.88. The van der Waals surface area contributed by atoms with Crippen LogP contribution in [0, 0.1) is 23.7 Å². The summed E-state index contributed by atoms with van der Waals surface area (Å²) < 4.78 is 31.9. The van der Waals surface area contributed by atoms with E-state index in [-0.39, 0.29) is 66.9 Å². The lowest BCUT2D eigenvalue weighted by Gasteiger charge is -2.67. The number of hydrogen-bond acceptors (Lipinski definition) is 15. The van der Waals surface area contributed by atoms with Crippen molar-refractivity contribution in [3.05, 3.63) is 36.1 Å². The second kappa shape index (κ2) is 17.0. The molecule has 15 heteroatoms. The molecule has 0 amide bonds. The number of aliphatic hydroxyl groups is 6. The molecule has 322 valence electrons. The maximum atomic E-state index is 13.3. The first-order chi connectivity index (χ1) is 27.9. The van der Waals surface area contributed by atoms with Gasteiger partial charge < -0.3 is 59.3 Å². The number of allylic oxidation sites excluding steroid dienone is 1. The van der Waals surface area contributed by atoms with Gasteiger partial charge >= 0.3 is 5.97 Å². The maximum absolute atomic E-state index is 13.3. The van der Waals surface area contributed by atoms with E-state index >= 15 is 0 Å². The van der Waals surface area contributed by atoms with Crippen molar-refractivity contribution in [2.75, 3.05) is 32.1 Å². The van der Waals surface area contributed by atoms with Gasteiger partial charge in [-0.15, -0.1) is 0 Å². The van der Waals surface area contributed by atoms with E-state index in [1.165, 1.54) is 17.1 Å². The molecule has 8 rings (SSSR count). The number of furan rings is 1. The van der Waals surface area contributed by atoms with Gasteiger partial charge in [-0.1, -0.05) is 66.3 Å². The molecule has 2 saturated carbocycles. The lowest BCUT2D eigenvalue weighted by atomic mass is 9.50. The number of fused-ring (bicyclic) bond motifs is 11. The van der Waals surface area contributed by atoms with Crippen LogP contribution in [0.3, 0.4) is 0 Å². The number of aryl methyl sites for hydroxylation is 1. The Morgan fingerprint density at radius 2 is 1.86 bits per heavy atom.